The SMILES string of the molecule is Cc1cc(C)c(C)c(OCCC(C)(NC(C)C)C(N)=O)c1. The minimum atomic E-state index is -0.749. The molecular formula is C17H28N2O2. The summed E-state index contributed by atoms with van der Waals surface area (Å²) < 4.78 is 5.88. The van der Waals surface area contributed by atoms with Crippen molar-refractivity contribution in [3.8, 4) is 5.75 Å². The quantitative estimate of drug-likeness (QED) is 0.812. The summed E-state index contributed by atoms with van der Waals surface area (Å²) in [6.07, 6.45) is 0.535. The summed E-state index contributed by atoms with van der Waals surface area (Å²) in [4.78, 5) is 11.7. The number of benzene rings is 1. The highest BCUT2D eigenvalue weighted by atomic mass is 16.5. The van der Waals surface area contributed by atoms with Crippen LogP contribution in [-0.2, 0) is 4.79 Å². The molecule has 0 aromatic heterocycles. The summed E-state index contributed by atoms with van der Waals surface area (Å²) in [6.45, 7) is 12.4. The molecule has 0 spiro atoms. The van der Waals surface area contributed by atoms with Gasteiger partial charge in [-0.1, -0.05) is 6.07 Å². The zero-order valence-electron chi connectivity index (χ0n) is 14.0. The lowest BCUT2D eigenvalue weighted by atomic mass is 9.96. The Morgan fingerprint density at radius 1 is 1.33 bits per heavy atom. The summed E-state index contributed by atoms with van der Waals surface area (Å²) in [5, 5.41) is 3.22. The molecule has 0 aliphatic rings. The van der Waals surface area contributed by atoms with Crippen LogP contribution in [-0.4, -0.2) is 24.1 Å². The van der Waals surface area contributed by atoms with Gasteiger partial charge in [0, 0.05) is 12.5 Å². The maximum absolute atomic E-state index is 11.7. The van der Waals surface area contributed by atoms with E-state index in [-0.39, 0.29) is 11.9 Å². The van der Waals surface area contributed by atoms with Gasteiger partial charge in [0.1, 0.15) is 5.75 Å². The number of amides is 1. The highest BCUT2D eigenvalue weighted by Gasteiger charge is 2.31. The summed E-state index contributed by atoms with van der Waals surface area (Å²) in [5.74, 6) is 0.529. The van der Waals surface area contributed by atoms with Crippen LogP contribution in [0.5, 0.6) is 5.75 Å². The van der Waals surface area contributed by atoms with E-state index >= 15 is 0 Å². The van der Waals surface area contributed by atoms with E-state index in [1.807, 2.05) is 40.7 Å². The molecule has 0 saturated carbocycles. The molecule has 118 valence electrons. The Hall–Kier alpha value is -1.55. The van der Waals surface area contributed by atoms with Crippen molar-refractivity contribution in [1.82, 2.24) is 5.32 Å². The summed E-state index contributed by atoms with van der Waals surface area (Å²) in [7, 11) is 0. The van der Waals surface area contributed by atoms with E-state index in [1.165, 1.54) is 11.1 Å². The monoisotopic (exact) mass is 292 g/mol. The number of aryl methyl sites for hydroxylation is 2. The van der Waals surface area contributed by atoms with Crippen molar-refractivity contribution in [2.45, 2.75) is 59.5 Å². The van der Waals surface area contributed by atoms with Gasteiger partial charge in [0.15, 0.2) is 0 Å². The third-order valence-corrected chi connectivity index (χ3v) is 3.77. The summed E-state index contributed by atoms with van der Waals surface area (Å²) >= 11 is 0. The Morgan fingerprint density at radius 3 is 2.48 bits per heavy atom. The molecule has 0 saturated heterocycles. The topological polar surface area (TPSA) is 64.3 Å². The normalized spacial score (nSPS) is 14.0. The molecule has 21 heavy (non-hydrogen) atoms. The van der Waals surface area contributed by atoms with E-state index in [4.69, 9.17) is 10.5 Å². The van der Waals surface area contributed by atoms with Gasteiger partial charge in [-0.25, -0.2) is 0 Å². The molecule has 4 nitrogen and oxygen atoms in total. The number of hydrogen-bond donors (Lipinski definition) is 2. The molecule has 1 atom stereocenters. The van der Waals surface area contributed by atoms with Gasteiger partial charge in [-0.15, -0.1) is 0 Å². The number of nitrogens with one attached hydrogen (secondary N) is 1. The first-order valence-corrected chi connectivity index (χ1v) is 7.44. The third-order valence-electron chi connectivity index (χ3n) is 3.77. The number of carbonyl (C=O) groups excluding carboxylic acids is 1. The van der Waals surface area contributed by atoms with Crippen LogP contribution in [0.4, 0.5) is 0 Å². The maximum atomic E-state index is 11.7. The molecular weight excluding hydrogens is 264 g/mol. The average molecular weight is 292 g/mol. The lowest BCUT2D eigenvalue weighted by Gasteiger charge is -2.29. The van der Waals surface area contributed by atoms with Gasteiger partial charge in [0.2, 0.25) is 5.91 Å². The van der Waals surface area contributed by atoms with Crippen molar-refractivity contribution in [2.24, 2.45) is 5.73 Å². The number of carbonyl (C=O) groups is 1. The van der Waals surface area contributed by atoms with Crippen LogP contribution in [0, 0.1) is 20.8 Å². The molecule has 3 N–H and O–H groups in total. The fourth-order valence-corrected chi connectivity index (χ4v) is 2.42. The Morgan fingerprint density at radius 2 is 1.95 bits per heavy atom. The van der Waals surface area contributed by atoms with Gasteiger partial charge in [-0.05, 0) is 64.3 Å². The van der Waals surface area contributed by atoms with Crippen LogP contribution in [0.25, 0.3) is 0 Å². The Balaban J connectivity index is 2.73. The zero-order valence-corrected chi connectivity index (χ0v) is 14.0. The van der Waals surface area contributed by atoms with Crippen LogP contribution in [0.3, 0.4) is 0 Å². The van der Waals surface area contributed by atoms with E-state index in [2.05, 4.69) is 18.3 Å². The predicted molar refractivity (Wildman–Crippen MR) is 86.6 cm³/mol. The standard InChI is InChI=1S/C17H28N2O2/c1-11(2)19-17(6,16(18)20)7-8-21-15-10-12(3)9-13(4)14(15)5/h9-11,19H,7-8H2,1-6H3,(H2,18,20). The lowest BCUT2D eigenvalue weighted by molar-refractivity contribution is -0.124. The van der Waals surface area contributed by atoms with Gasteiger partial charge in [0.25, 0.3) is 0 Å². The number of rotatable bonds is 7. The van der Waals surface area contributed by atoms with Crippen molar-refractivity contribution in [1.29, 1.82) is 0 Å². The molecule has 0 heterocycles. The van der Waals surface area contributed by atoms with Gasteiger partial charge in [-0.3, -0.25) is 4.79 Å². The maximum Gasteiger partial charge on any atom is 0.237 e. The molecule has 1 aromatic carbocycles. The van der Waals surface area contributed by atoms with Gasteiger partial charge >= 0.3 is 0 Å². The molecule has 1 amide bonds. The Kier molecular flexibility index (Phi) is 5.78. The lowest BCUT2D eigenvalue weighted by Crippen LogP contribution is -2.56. The molecule has 0 aliphatic carbocycles. The Bertz CT molecular complexity index is 512. The smallest absolute Gasteiger partial charge is 0.237 e. The minimum absolute atomic E-state index is 0.186. The number of ether oxygens (including phenoxy) is 1. The third kappa shape index (κ3) is 4.74. The van der Waals surface area contributed by atoms with Gasteiger partial charge in [0.05, 0.1) is 12.1 Å². The van der Waals surface area contributed by atoms with Crippen molar-refractivity contribution in [2.75, 3.05) is 6.61 Å². The first-order valence-electron chi connectivity index (χ1n) is 7.44. The first kappa shape index (κ1) is 17.5. The summed E-state index contributed by atoms with van der Waals surface area (Å²) in [5.41, 5.74) is 8.29. The summed E-state index contributed by atoms with van der Waals surface area (Å²) in [6, 6.07) is 4.35. The first-order chi connectivity index (χ1) is 9.65. The minimum Gasteiger partial charge on any atom is -0.493 e. The average Bonchev–Trinajstić information content (AvgIpc) is 2.33. The van der Waals surface area contributed by atoms with Crippen LogP contribution < -0.4 is 15.8 Å². The van der Waals surface area contributed by atoms with Crippen LogP contribution >= 0.6 is 0 Å². The van der Waals surface area contributed by atoms with Crippen LogP contribution in [0.1, 0.15) is 43.9 Å². The molecule has 0 aliphatic heterocycles. The molecule has 4 heteroatoms. The largest absolute Gasteiger partial charge is 0.493 e. The fourth-order valence-electron chi connectivity index (χ4n) is 2.42. The van der Waals surface area contributed by atoms with Gasteiger partial charge in [-0.2, -0.15) is 0 Å². The molecule has 1 unspecified atom stereocenters. The van der Waals surface area contributed by atoms with E-state index in [0.29, 0.717) is 13.0 Å². The second-order valence-corrected chi connectivity index (χ2v) is 6.30. The van der Waals surface area contributed by atoms with Crippen molar-refractivity contribution < 1.29 is 9.53 Å². The van der Waals surface area contributed by atoms with Crippen LogP contribution in [0.2, 0.25) is 0 Å². The van der Waals surface area contributed by atoms with E-state index < -0.39 is 5.54 Å². The zero-order chi connectivity index (χ0) is 16.2. The second-order valence-electron chi connectivity index (χ2n) is 6.30. The molecule has 1 rings (SSSR count). The van der Waals surface area contributed by atoms with Crippen LogP contribution in [0.15, 0.2) is 12.1 Å². The van der Waals surface area contributed by atoms with E-state index in [9.17, 15) is 4.79 Å². The molecule has 1 aromatic rings. The van der Waals surface area contributed by atoms with E-state index in [0.717, 1.165) is 11.3 Å². The number of hydrogen-bond acceptors (Lipinski definition) is 3. The fraction of sp³-hybridized carbons (Fsp3) is 0.588. The van der Waals surface area contributed by atoms with Crippen molar-refractivity contribution in [3.63, 3.8) is 0 Å². The second kappa shape index (κ2) is 6.94. The number of primary amides is 1. The van der Waals surface area contributed by atoms with Crippen molar-refractivity contribution >= 4 is 5.91 Å². The predicted octanol–water partition coefficient (Wildman–Crippen LogP) is 2.62. The Labute approximate surface area is 128 Å². The highest BCUT2D eigenvalue weighted by molar-refractivity contribution is 5.84. The van der Waals surface area contributed by atoms with Crippen molar-refractivity contribution in [3.05, 3.63) is 28.8 Å². The highest BCUT2D eigenvalue weighted by Crippen LogP contribution is 2.24. The molecule has 0 fully saturated rings. The van der Waals surface area contributed by atoms with E-state index in [1.54, 1.807) is 0 Å². The molecule has 0 radical (unpaired) electrons. The van der Waals surface area contributed by atoms with Gasteiger partial charge < -0.3 is 15.8 Å². The molecule has 0 bridgehead atoms. The number of nitrogens with two attached hydrogens (primary N) is 1.